The minimum Gasteiger partial charge on any atom is -0.351 e. The van der Waals surface area contributed by atoms with Gasteiger partial charge in [0.15, 0.2) is 5.82 Å². The van der Waals surface area contributed by atoms with Gasteiger partial charge < -0.3 is 10.2 Å². The van der Waals surface area contributed by atoms with Crippen molar-refractivity contribution in [3.05, 3.63) is 17.8 Å². The minimum absolute atomic E-state index is 0.499. The van der Waals surface area contributed by atoms with E-state index in [1.807, 2.05) is 13.0 Å². The molecule has 1 fully saturated rings. The number of likely N-dealkylation sites (N-methyl/N-ethyl adjacent to an activating group) is 1. The SMILES string of the molecule is CCNC(C)C1CCCCN1c1ccc(C)nn1. The molecule has 1 N–H and O–H groups in total. The second kappa shape index (κ2) is 6.14. The largest absolute Gasteiger partial charge is 0.351 e. The van der Waals surface area contributed by atoms with Crippen molar-refractivity contribution < 1.29 is 0 Å². The van der Waals surface area contributed by atoms with E-state index in [-0.39, 0.29) is 0 Å². The molecule has 1 aliphatic rings. The molecule has 0 amide bonds. The number of aromatic nitrogens is 2. The van der Waals surface area contributed by atoms with Gasteiger partial charge in [-0.15, -0.1) is 5.10 Å². The number of nitrogens with zero attached hydrogens (tertiary/aromatic N) is 3. The average molecular weight is 248 g/mol. The van der Waals surface area contributed by atoms with Crippen molar-refractivity contribution in [1.29, 1.82) is 0 Å². The van der Waals surface area contributed by atoms with Crippen LogP contribution < -0.4 is 10.2 Å². The van der Waals surface area contributed by atoms with Crippen LogP contribution in [0.3, 0.4) is 0 Å². The molecule has 100 valence electrons. The van der Waals surface area contributed by atoms with E-state index in [9.17, 15) is 0 Å². The summed E-state index contributed by atoms with van der Waals surface area (Å²) in [5.41, 5.74) is 0.979. The van der Waals surface area contributed by atoms with Crippen molar-refractivity contribution in [3.8, 4) is 0 Å². The average Bonchev–Trinajstić information content (AvgIpc) is 2.40. The molecule has 1 aliphatic heterocycles. The molecule has 0 spiro atoms. The molecule has 2 unspecified atom stereocenters. The summed E-state index contributed by atoms with van der Waals surface area (Å²) in [6, 6.07) is 5.18. The van der Waals surface area contributed by atoms with Gasteiger partial charge >= 0.3 is 0 Å². The molecule has 2 heterocycles. The highest BCUT2D eigenvalue weighted by Crippen LogP contribution is 2.24. The number of hydrogen-bond acceptors (Lipinski definition) is 4. The fourth-order valence-corrected chi connectivity index (χ4v) is 2.76. The van der Waals surface area contributed by atoms with E-state index in [0.717, 1.165) is 24.6 Å². The third kappa shape index (κ3) is 2.99. The van der Waals surface area contributed by atoms with E-state index < -0.39 is 0 Å². The molecule has 2 atom stereocenters. The summed E-state index contributed by atoms with van der Waals surface area (Å²) in [6.45, 7) is 8.53. The zero-order valence-corrected chi connectivity index (χ0v) is 11.7. The number of nitrogens with one attached hydrogen (secondary N) is 1. The smallest absolute Gasteiger partial charge is 0.151 e. The van der Waals surface area contributed by atoms with Crippen molar-refractivity contribution in [2.75, 3.05) is 18.0 Å². The van der Waals surface area contributed by atoms with Gasteiger partial charge in [-0.2, -0.15) is 5.10 Å². The van der Waals surface area contributed by atoms with Gasteiger partial charge in [-0.1, -0.05) is 6.92 Å². The Bertz CT molecular complexity index is 363. The zero-order valence-electron chi connectivity index (χ0n) is 11.7. The molecule has 0 bridgehead atoms. The molecular weight excluding hydrogens is 224 g/mol. The van der Waals surface area contributed by atoms with Gasteiger partial charge in [0.05, 0.1) is 5.69 Å². The van der Waals surface area contributed by atoms with Crippen LogP contribution in [0.25, 0.3) is 0 Å². The Morgan fingerprint density at radius 1 is 1.39 bits per heavy atom. The monoisotopic (exact) mass is 248 g/mol. The highest BCUT2D eigenvalue weighted by Gasteiger charge is 2.27. The molecule has 1 aromatic heterocycles. The van der Waals surface area contributed by atoms with Crippen LogP contribution in [-0.4, -0.2) is 35.4 Å². The van der Waals surface area contributed by atoms with Gasteiger partial charge in [-0.3, -0.25) is 0 Å². The first-order valence-corrected chi connectivity index (χ1v) is 7.02. The first-order chi connectivity index (χ1) is 8.72. The maximum absolute atomic E-state index is 4.34. The highest BCUT2D eigenvalue weighted by atomic mass is 15.3. The van der Waals surface area contributed by atoms with Gasteiger partial charge in [0.1, 0.15) is 0 Å². The van der Waals surface area contributed by atoms with Crippen LogP contribution in [0.4, 0.5) is 5.82 Å². The van der Waals surface area contributed by atoms with Gasteiger partial charge in [0.25, 0.3) is 0 Å². The van der Waals surface area contributed by atoms with E-state index in [1.165, 1.54) is 19.3 Å². The van der Waals surface area contributed by atoms with Crippen LogP contribution in [0.1, 0.15) is 38.8 Å². The van der Waals surface area contributed by atoms with Crippen molar-refractivity contribution in [1.82, 2.24) is 15.5 Å². The lowest BCUT2D eigenvalue weighted by Gasteiger charge is -2.40. The third-order valence-corrected chi connectivity index (χ3v) is 3.73. The fourth-order valence-electron chi connectivity index (χ4n) is 2.76. The molecule has 18 heavy (non-hydrogen) atoms. The van der Waals surface area contributed by atoms with Gasteiger partial charge in [-0.25, -0.2) is 0 Å². The molecule has 0 saturated carbocycles. The lowest BCUT2D eigenvalue weighted by atomic mass is 9.96. The van der Waals surface area contributed by atoms with E-state index in [2.05, 4.69) is 40.3 Å². The number of rotatable bonds is 4. The topological polar surface area (TPSA) is 41.0 Å². The quantitative estimate of drug-likeness (QED) is 0.886. The third-order valence-electron chi connectivity index (χ3n) is 3.73. The normalized spacial score (nSPS) is 21.9. The lowest BCUT2D eigenvalue weighted by Crippen LogP contribution is -2.51. The van der Waals surface area contributed by atoms with E-state index in [0.29, 0.717) is 12.1 Å². The summed E-state index contributed by atoms with van der Waals surface area (Å²) >= 11 is 0. The summed E-state index contributed by atoms with van der Waals surface area (Å²) in [6.07, 6.45) is 3.81. The first-order valence-electron chi connectivity index (χ1n) is 7.02. The van der Waals surface area contributed by atoms with Crippen LogP contribution in [-0.2, 0) is 0 Å². The van der Waals surface area contributed by atoms with Crippen LogP contribution in [0.15, 0.2) is 12.1 Å². The summed E-state index contributed by atoms with van der Waals surface area (Å²) < 4.78 is 0. The van der Waals surface area contributed by atoms with Crippen molar-refractivity contribution in [2.45, 2.75) is 52.1 Å². The summed E-state index contributed by atoms with van der Waals surface area (Å²) in [5, 5.41) is 12.1. The van der Waals surface area contributed by atoms with Crippen LogP contribution in [0, 0.1) is 6.92 Å². The molecule has 2 rings (SSSR count). The number of aryl methyl sites for hydroxylation is 1. The Balaban J connectivity index is 2.14. The molecule has 0 aromatic carbocycles. The van der Waals surface area contributed by atoms with E-state index in [1.54, 1.807) is 0 Å². The predicted octanol–water partition coefficient (Wildman–Crippen LogP) is 2.14. The van der Waals surface area contributed by atoms with Crippen LogP contribution in [0.5, 0.6) is 0 Å². The Morgan fingerprint density at radius 2 is 2.22 bits per heavy atom. The summed E-state index contributed by atoms with van der Waals surface area (Å²) in [4.78, 5) is 2.42. The standard InChI is InChI=1S/C14H24N4/c1-4-15-12(3)13-7-5-6-10-18(13)14-9-8-11(2)16-17-14/h8-9,12-13,15H,4-7,10H2,1-3H3. The van der Waals surface area contributed by atoms with Gasteiger partial charge in [0, 0.05) is 18.6 Å². The fraction of sp³-hybridized carbons (Fsp3) is 0.714. The molecule has 0 aliphatic carbocycles. The number of hydrogen-bond donors (Lipinski definition) is 1. The molecule has 4 nitrogen and oxygen atoms in total. The van der Waals surface area contributed by atoms with Crippen LogP contribution >= 0.6 is 0 Å². The molecular formula is C14H24N4. The molecule has 4 heteroatoms. The zero-order chi connectivity index (χ0) is 13.0. The Labute approximate surface area is 110 Å². The predicted molar refractivity (Wildman–Crippen MR) is 74.9 cm³/mol. The maximum atomic E-state index is 4.34. The highest BCUT2D eigenvalue weighted by molar-refractivity contribution is 5.39. The van der Waals surface area contributed by atoms with Crippen LogP contribution in [0.2, 0.25) is 0 Å². The number of anilines is 1. The first kappa shape index (κ1) is 13.3. The van der Waals surface area contributed by atoms with E-state index in [4.69, 9.17) is 0 Å². The summed E-state index contributed by atoms with van der Waals surface area (Å²) in [5.74, 6) is 1.02. The minimum atomic E-state index is 0.499. The second-order valence-corrected chi connectivity index (χ2v) is 5.14. The molecule has 1 aromatic rings. The Morgan fingerprint density at radius 3 is 2.89 bits per heavy atom. The van der Waals surface area contributed by atoms with Gasteiger partial charge in [0.2, 0.25) is 0 Å². The Hall–Kier alpha value is -1.16. The maximum Gasteiger partial charge on any atom is 0.151 e. The van der Waals surface area contributed by atoms with Crippen molar-refractivity contribution >= 4 is 5.82 Å². The molecule has 1 saturated heterocycles. The van der Waals surface area contributed by atoms with Crippen molar-refractivity contribution in [3.63, 3.8) is 0 Å². The second-order valence-electron chi connectivity index (χ2n) is 5.14. The summed E-state index contributed by atoms with van der Waals surface area (Å²) in [7, 11) is 0. The van der Waals surface area contributed by atoms with Gasteiger partial charge in [-0.05, 0) is 51.8 Å². The molecule has 0 radical (unpaired) electrons. The lowest BCUT2D eigenvalue weighted by molar-refractivity contribution is 0.369. The van der Waals surface area contributed by atoms with E-state index >= 15 is 0 Å². The Kier molecular flexibility index (Phi) is 4.53. The van der Waals surface area contributed by atoms with Crippen molar-refractivity contribution in [2.24, 2.45) is 0 Å². The number of piperidine rings is 1.